The van der Waals surface area contributed by atoms with Crippen molar-refractivity contribution < 1.29 is 18.6 Å². The summed E-state index contributed by atoms with van der Waals surface area (Å²) in [5.41, 5.74) is 4.44. The van der Waals surface area contributed by atoms with Crippen molar-refractivity contribution in [3.63, 3.8) is 0 Å². The monoisotopic (exact) mass is 671 g/mol. The highest BCUT2D eigenvalue weighted by atomic mass is 35.5. The number of piperazine rings is 1. The third-order valence-electron chi connectivity index (χ3n) is 8.58. The molecule has 5 nitrogen and oxygen atoms in total. The molecule has 0 radical (unpaired) electrons. The molecule has 0 amide bonds. The fourth-order valence-corrected chi connectivity index (χ4v) is 6.69. The molecule has 7 rings (SSSR count). The number of ether oxygens (including phenoxy) is 1. The second-order valence-corrected chi connectivity index (χ2v) is 10.9. The second-order valence-electron chi connectivity index (χ2n) is 10.9. The van der Waals surface area contributed by atoms with Gasteiger partial charge in [-0.1, -0.05) is 54.6 Å². The Morgan fingerprint density at radius 3 is 1.95 bits per heavy atom. The summed E-state index contributed by atoms with van der Waals surface area (Å²) in [6.07, 6.45) is 1.13. The van der Waals surface area contributed by atoms with Gasteiger partial charge in [0, 0.05) is 44.3 Å². The van der Waals surface area contributed by atoms with Crippen molar-refractivity contribution in [1.82, 2.24) is 14.8 Å². The van der Waals surface area contributed by atoms with Crippen molar-refractivity contribution in [1.29, 1.82) is 0 Å². The molecule has 1 N–H and O–H groups in total. The fourth-order valence-electron chi connectivity index (χ4n) is 6.69. The molecular formula is C32H35Cl4F2N3O2. The van der Waals surface area contributed by atoms with Crippen LogP contribution in [0.3, 0.4) is 0 Å². The first kappa shape index (κ1) is 35.3. The first-order chi connectivity index (χ1) is 19.0. The van der Waals surface area contributed by atoms with Crippen LogP contribution in [0.5, 0.6) is 5.75 Å². The van der Waals surface area contributed by atoms with Crippen LogP contribution in [0.1, 0.15) is 40.1 Å². The SMILES string of the molecule is Cl.Cl.Cl.Cl.O[C@@H](COc1cccc2ncccc12)CN1CCN(C2c3ccccc3[C@@H]3[C@H](c4ccccc42)C3(F)F)CC1. The van der Waals surface area contributed by atoms with Crippen LogP contribution >= 0.6 is 49.6 Å². The minimum absolute atomic E-state index is 0. The van der Waals surface area contributed by atoms with Crippen molar-refractivity contribution >= 4 is 60.5 Å². The lowest BCUT2D eigenvalue weighted by Gasteiger charge is -2.41. The Kier molecular flexibility index (Phi) is 11.7. The summed E-state index contributed by atoms with van der Waals surface area (Å²) in [7, 11) is 0. The Labute approximate surface area is 275 Å². The number of aliphatic hydroxyl groups excluding tert-OH is 1. The molecule has 2 heterocycles. The molecule has 1 saturated carbocycles. The molecule has 43 heavy (non-hydrogen) atoms. The standard InChI is InChI=1S/C32H31F2N3O2.4ClH/c33-32(34)29-22-7-1-3-9-24(22)31(25-10-4-2-8-23(25)30(29)32)37-17-15-36(16-18-37)19-21(38)20-39-28-13-5-12-27-26(28)11-6-14-35-27;;;;/h1-14,21,29-31,38H,15-20H2;4*1H/t21-,29-,30+,31?;;;;/m1..../s1. The molecule has 1 unspecified atom stereocenters. The normalized spacial score (nSPS) is 22.4. The highest BCUT2D eigenvalue weighted by molar-refractivity contribution is 5.86. The lowest BCUT2D eigenvalue weighted by Crippen LogP contribution is -2.50. The minimum Gasteiger partial charge on any atom is -0.490 e. The van der Waals surface area contributed by atoms with E-state index in [0.29, 0.717) is 6.54 Å². The van der Waals surface area contributed by atoms with Gasteiger partial charge in [0.25, 0.3) is 5.92 Å². The van der Waals surface area contributed by atoms with E-state index in [-0.39, 0.29) is 62.3 Å². The summed E-state index contributed by atoms with van der Waals surface area (Å²) in [4.78, 5) is 9.04. The second kappa shape index (κ2) is 14.2. The summed E-state index contributed by atoms with van der Waals surface area (Å²) < 4.78 is 35.9. The molecule has 232 valence electrons. The number of rotatable bonds is 6. The first-order valence-electron chi connectivity index (χ1n) is 13.7. The van der Waals surface area contributed by atoms with Crippen LogP contribution in [-0.2, 0) is 0 Å². The summed E-state index contributed by atoms with van der Waals surface area (Å²) in [5, 5.41) is 11.7. The van der Waals surface area contributed by atoms with Gasteiger partial charge in [0.15, 0.2) is 0 Å². The van der Waals surface area contributed by atoms with Gasteiger partial charge < -0.3 is 9.84 Å². The molecule has 2 fully saturated rings. The van der Waals surface area contributed by atoms with Gasteiger partial charge in [-0.05, 0) is 46.5 Å². The van der Waals surface area contributed by atoms with Crippen molar-refractivity contribution in [2.45, 2.75) is 29.9 Å². The molecule has 1 aromatic heterocycles. The van der Waals surface area contributed by atoms with Crippen LogP contribution in [0.4, 0.5) is 8.78 Å². The third-order valence-corrected chi connectivity index (χ3v) is 8.58. The van der Waals surface area contributed by atoms with E-state index in [1.54, 1.807) is 6.20 Å². The lowest BCUT2D eigenvalue weighted by atomic mass is 9.90. The van der Waals surface area contributed by atoms with E-state index in [0.717, 1.165) is 65.1 Å². The van der Waals surface area contributed by atoms with Gasteiger partial charge in [-0.25, -0.2) is 8.78 Å². The van der Waals surface area contributed by atoms with Crippen LogP contribution in [0.2, 0.25) is 0 Å². The number of fused-ring (bicyclic) bond motifs is 6. The number of hydrogen-bond donors (Lipinski definition) is 1. The zero-order valence-corrected chi connectivity index (χ0v) is 26.5. The highest BCUT2D eigenvalue weighted by Gasteiger charge is 2.71. The van der Waals surface area contributed by atoms with E-state index >= 15 is 0 Å². The van der Waals surface area contributed by atoms with E-state index in [9.17, 15) is 13.9 Å². The molecule has 1 aliphatic heterocycles. The van der Waals surface area contributed by atoms with Gasteiger partial charge in [0.1, 0.15) is 18.5 Å². The van der Waals surface area contributed by atoms with Crippen LogP contribution in [0, 0.1) is 0 Å². The summed E-state index contributed by atoms with van der Waals surface area (Å²) >= 11 is 0. The maximum Gasteiger partial charge on any atom is 0.263 e. The predicted octanol–water partition coefficient (Wildman–Crippen LogP) is 6.90. The Bertz CT molecular complexity index is 1460. The lowest BCUT2D eigenvalue weighted by molar-refractivity contribution is 0.0400. The number of aliphatic hydroxyl groups is 1. The fraction of sp³-hybridized carbons (Fsp3) is 0.344. The van der Waals surface area contributed by atoms with Crippen LogP contribution in [-0.4, -0.2) is 71.2 Å². The first-order valence-corrected chi connectivity index (χ1v) is 13.7. The summed E-state index contributed by atoms with van der Waals surface area (Å²) in [6.45, 7) is 3.89. The van der Waals surface area contributed by atoms with Gasteiger partial charge in [-0.3, -0.25) is 14.8 Å². The number of nitrogens with zero attached hydrogens (tertiary/aromatic N) is 3. The quantitative estimate of drug-likeness (QED) is 0.242. The predicted molar refractivity (Wildman–Crippen MR) is 175 cm³/mol. The van der Waals surface area contributed by atoms with Gasteiger partial charge in [-0.2, -0.15) is 0 Å². The number of benzene rings is 3. The Morgan fingerprint density at radius 1 is 0.767 bits per heavy atom. The Morgan fingerprint density at radius 2 is 1.35 bits per heavy atom. The zero-order valence-electron chi connectivity index (χ0n) is 23.2. The number of pyridine rings is 1. The molecule has 3 aromatic carbocycles. The van der Waals surface area contributed by atoms with Crippen LogP contribution in [0.15, 0.2) is 85.1 Å². The molecular weight excluding hydrogens is 638 g/mol. The average molecular weight is 673 g/mol. The van der Waals surface area contributed by atoms with E-state index in [4.69, 9.17) is 4.74 Å². The van der Waals surface area contributed by atoms with Gasteiger partial charge in [0.05, 0.1) is 23.4 Å². The van der Waals surface area contributed by atoms with Gasteiger partial charge >= 0.3 is 0 Å². The molecule has 4 aromatic rings. The van der Waals surface area contributed by atoms with Crippen LogP contribution < -0.4 is 4.74 Å². The molecule has 0 bridgehead atoms. The zero-order chi connectivity index (χ0) is 26.6. The van der Waals surface area contributed by atoms with E-state index in [1.165, 1.54) is 0 Å². The maximum absolute atomic E-state index is 15.0. The number of alkyl halides is 2. The van der Waals surface area contributed by atoms with Gasteiger partial charge in [0.2, 0.25) is 0 Å². The molecule has 1 saturated heterocycles. The molecule has 11 heteroatoms. The highest BCUT2D eigenvalue weighted by Crippen LogP contribution is 2.70. The molecule has 4 atom stereocenters. The van der Waals surface area contributed by atoms with Crippen molar-refractivity contribution in [2.75, 3.05) is 39.3 Å². The van der Waals surface area contributed by atoms with E-state index in [2.05, 4.69) is 14.8 Å². The summed E-state index contributed by atoms with van der Waals surface area (Å²) in [5.74, 6) is -3.46. The van der Waals surface area contributed by atoms with Crippen molar-refractivity contribution in [3.8, 4) is 5.75 Å². The molecule has 3 aliphatic rings. The van der Waals surface area contributed by atoms with E-state index in [1.807, 2.05) is 78.9 Å². The van der Waals surface area contributed by atoms with E-state index < -0.39 is 23.9 Å². The topological polar surface area (TPSA) is 48.8 Å². The Hall–Kier alpha value is -2.23. The third kappa shape index (κ3) is 6.45. The largest absolute Gasteiger partial charge is 0.490 e. The van der Waals surface area contributed by atoms with Gasteiger partial charge in [-0.15, -0.1) is 49.6 Å². The smallest absolute Gasteiger partial charge is 0.263 e. The average Bonchev–Trinajstić information content (AvgIpc) is 3.58. The molecule has 2 aliphatic carbocycles. The minimum atomic E-state index is -2.70. The molecule has 0 spiro atoms. The maximum atomic E-state index is 15.0. The number of hydrogen-bond acceptors (Lipinski definition) is 5. The summed E-state index contributed by atoms with van der Waals surface area (Å²) in [6, 6.07) is 25.1. The number of aromatic nitrogens is 1. The van der Waals surface area contributed by atoms with Crippen LogP contribution in [0.25, 0.3) is 10.9 Å². The van der Waals surface area contributed by atoms with Crippen molar-refractivity contribution in [2.24, 2.45) is 0 Å². The number of β-amino-alcohol motifs (C(OH)–C–C–N with tert-alkyl or cyclic N) is 1. The van der Waals surface area contributed by atoms with Crippen molar-refractivity contribution in [3.05, 3.63) is 107 Å². The number of halogens is 6. The Balaban J connectivity index is 0.00000127.